The highest BCUT2D eigenvalue weighted by molar-refractivity contribution is 5.95. The maximum atomic E-state index is 13.5. The summed E-state index contributed by atoms with van der Waals surface area (Å²) in [6.07, 6.45) is 8.50. The molecule has 4 aromatic rings. The van der Waals surface area contributed by atoms with Crippen molar-refractivity contribution in [1.82, 2.24) is 14.9 Å². The first-order chi connectivity index (χ1) is 17.2. The molecule has 1 atom stereocenters. The van der Waals surface area contributed by atoms with Gasteiger partial charge in [0.1, 0.15) is 5.75 Å². The lowest BCUT2D eigenvalue weighted by Gasteiger charge is -2.33. The van der Waals surface area contributed by atoms with Crippen LogP contribution >= 0.6 is 0 Å². The number of fused-ring (bicyclic) bond motifs is 1. The van der Waals surface area contributed by atoms with E-state index < -0.39 is 0 Å². The van der Waals surface area contributed by atoms with Crippen LogP contribution in [0.4, 0.5) is 5.69 Å². The quantitative estimate of drug-likeness (QED) is 0.398. The Morgan fingerprint density at radius 2 is 2.00 bits per heavy atom. The van der Waals surface area contributed by atoms with Crippen LogP contribution in [0.2, 0.25) is 0 Å². The number of pyridine rings is 2. The van der Waals surface area contributed by atoms with Gasteiger partial charge in [0, 0.05) is 49.2 Å². The summed E-state index contributed by atoms with van der Waals surface area (Å²) in [6, 6.07) is 20.0. The molecule has 3 heterocycles. The minimum absolute atomic E-state index is 0.0674. The average molecular weight is 467 g/mol. The zero-order valence-electron chi connectivity index (χ0n) is 20.0. The summed E-state index contributed by atoms with van der Waals surface area (Å²) in [7, 11) is 1.64. The van der Waals surface area contributed by atoms with Crippen molar-refractivity contribution in [3.63, 3.8) is 0 Å². The van der Waals surface area contributed by atoms with Gasteiger partial charge >= 0.3 is 0 Å². The summed E-state index contributed by atoms with van der Waals surface area (Å²) in [5.74, 6) is 1.20. The number of rotatable bonds is 7. The summed E-state index contributed by atoms with van der Waals surface area (Å²) in [5, 5.41) is 4.56. The molecule has 0 saturated carbocycles. The minimum Gasteiger partial charge on any atom is -0.495 e. The summed E-state index contributed by atoms with van der Waals surface area (Å²) in [4.78, 5) is 24.2. The molecule has 1 N–H and O–H groups in total. The molecule has 1 aliphatic heterocycles. The Morgan fingerprint density at radius 1 is 1.11 bits per heavy atom. The molecule has 5 rings (SSSR count). The fraction of sp³-hybridized carbons (Fsp3) is 0.276. The van der Waals surface area contributed by atoms with Crippen molar-refractivity contribution < 1.29 is 9.53 Å². The highest BCUT2D eigenvalue weighted by Gasteiger charge is 2.25. The Bertz CT molecular complexity index is 1300. The van der Waals surface area contributed by atoms with Gasteiger partial charge in [0.05, 0.1) is 18.3 Å². The first-order valence-electron chi connectivity index (χ1n) is 12.1. The van der Waals surface area contributed by atoms with Gasteiger partial charge in [-0.1, -0.05) is 30.3 Å². The number of aromatic nitrogens is 2. The normalized spacial score (nSPS) is 15.7. The molecule has 0 spiro atoms. The van der Waals surface area contributed by atoms with E-state index in [0.717, 1.165) is 49.1 Å². The highest BCUT2D eigenvalue weighted by Crippen LogP contribution is 2.29. The number of anilines is 1. The van der Waals surface area contributed by atoms with Crippen LogP contribution in [0, 0.1) is 5.92 Å². The smallest absolute Gasteiger partial charge is 0.253 e. The van der Waals surface area contributed by atoms with E-state index in [2.05, 4.69) is 39.6 Å². The van der Waals surface area contributed by atoms with Gasteiger partial charge in [-0.2, -0.15) is 0 Å². The van der Waals surface area contributed by atoms with E-state index in [0.29, 0.717) is 23.8 Å². The second-order valence-corrected chi connectivity index (χ2v) is 9.09. The second kappa shape index (κ2) is 10.6. The maximum absolute atomic E-state index is 13.5. The molecule has 0 bridgehead atoms. The standard InChI is InChI=1S/C29H30N4O2/c1-35-27-12-11-25(17-26(27)32-19-22-6-3-13-30-18-22)29(34)33-15-5-7-21(20-33)16-24-9-2-8-23-10-4-14-31-28(23)24/h2-4,6,8-14,17-18,21,32H,5,7,15-16,19-20H2,1H3/t21-/m1/s1. The van der Waals surface area contributed by atoms with Crippen LogP contribution in [-0.4, -0.2) is 41.0 Å². The molecular weight excluding hydrogens is 436 g/mol. The Hall–Kier alpha value is -3.93. The number of hydrogen-bond donors (Lipinski definition) is 1. The number of ether oxygens (including phenoxy) is 1. The number of para-hydroxylation sites is 1. The number of amides is 1. The largest absolute Gasteiger partial charge is 0.495 e. The lowest BCUT2D eigenvalue weighted by molar-refractivity contribution is 0.0673. The average Bonchev–Trinajstić information content (AvgIpc) is 2.92. The summed E-state index contributed by atoms with van der Waals surface area (Å²) in [6.45, 7) is 2.15. The number of piperidine rings is 1. The van der Waals surface area contributed by atoms with Crippen LogP contribution < -0.4 is 10.1 Å². The van der Waals surface area contributed by atoms with Gasteiger partial charge in [-0.15, -0.1) is 0 Å². The van der Waals surface area contributed by atoms with Crippen LogP contribution in [0.25, 0.3) is 10.9 Å². The maximum Gasteiger partial charge on any atom is 0.253 e. The summed E-state index contributed by atoms with van der Waals surface area (Å²) < 4.78 is 5.52. The van der Waals surface area contributed by atoms with E-state index in [4.69, 9.17) is 4.74 Å². The van der Waals surface area contributed by atoms with E-state index >= 15 is 0 Å². The van der Waals surface area contributed by atoms with E-state index in [1.165, 1.54) is 10.9 Å². The van der Waals surface area contributed by atoms with E-state index in [9.17, 15) is 4.79 Å². The molecule has 2 aromatic carbocycles. The molecule has 6 nitrogen and oxygen atoms in total. The zero-order valence-corrected chi connectivity index (χ0v) is 20.0. The third-order valence-electron chi connectivity index (χ3n) is 6.68. The zero-order chi connectivity index (χ0) is 24.0. The number of carbonyl (C=O) groups is 1. The first kappa shape index (κ1) is 22.8. The Balaban J connectivity index is 1.29. The number of benzene rings is 2. The molecule has 1 saturated heterocycles. The van der Waals surface area contributed by atoms with Crippen LogP contribution in [0.1, 0.15) is 34.3 Å². The van der Waals surface area contributed by atoms with Crippen molar-refractivity contribution in [3.05, 3.63) is 95.9 Å². The lowest BCUT2D eigenvalue weighted by atomic mass is 9.90. The van der Waals surface area contributed by atoms with Gasteiger partial charge in [0.25, 0.3) is 5.91 Å². The number of nitrogens with one attached hydrogen (secondary N) is 1. The molecule has 0 unspecified atom stereocenters. The van der Waals surface area contributed by atoms with Crippen LogP contribution in [0.3, 0.4) is 0 Å². The molecular formula is C29H30N4O2. The minimum atomic E-state index is 0.0674. The monoisotopic (exact) mass is 466 g/mol. The number of carbonyl (C=O) groups excluding carboxylic acids is 1. The van der Waals surface area contributed by atoms with E-state index in [-0.39, 0.29) is 5.91 Å². The fourth-order valence-electron chi connectivity index (χ4n) is 4.92. The third kappa shape index (κ3) is 5.27. The summed E-state index contributed by atoms with van der Waals surface area (Å²) >= 11 is 0. The number of nitrogens with zero attached hydrogens (tertiary/aromatic N) is 3. The van der Waals surface area contributed by atoms with Crippen molar-refractivity contribution in [2.24, 2.45) is 5.92 Å². The SMILES string of the molecule is COc1ccc(C(=O)N2CCC[C@H](Cc3cccc4cccnc34)C2)cc1NCc1cccnc1. The summed E-state index contributed by atoms with van der Waals surface area (Å²) in [5.41, 5.74) is 4.87. The molecule has 178 valence electrons. The molecule has 1 fully saturated rings. The molecule has 0 radical (unpaired) electrons. The molecule has 6 heteroatoms. The van der Waals surface area contributed by atoms with Crippen molar-refractivity contribution in [3.8, 4) is 5.75 Å². The molecule has 0 aliphatic carbocycles. The van der Waals surface area contributed by atoms with Gasteiger partial charge in [-0.05, 0) is 66.6 Å². The van der Waals surface area contributed by atoms with E-state index in [1.807, 2.05) is 53.7 Å². The van der Waals surface area contributed by atoms with Crippen molar-refractivity contribution in [2.75, 3.05) is 25.5 Å². The second-order valence-electron chi connectivity index (χ2n) is 9.09. The first-order valence-corrected chi connectivity index (χ1v) is 12.1. The predicted molar refractivity (Wildman–Crippen MR) is 139 cm³/mol. The fourth-order valence-corrected chi connectivity index (χ4v) is 4.92. The van der Waals surface area contributed by atoms with Gasteiger partial charge in [0.15, 0.2) is 0 Å². The van der Waals surface area contributed by atoms with Crippen LogP contribution in [0.5, 0.6) is 5.75 Å². The lowest BCUT2D eigenvalue weighted by Crippen LogP contribution is -2.40. The Kier molecular flexibility index (Phi) is 6.89. The Labute approximate surface area is 206 Å². The topological polar surface area (TPSA) is 67.3 Å². The molecule has 1 amide bonds. The van der Waals surface area contributed by atoms with Crippen LogP contribution in [-0.2, 0) is 13.0 Å². The third-order valence-corrected chi connectivity index (χ3v) is 6.68. The van der Waals surface area contributed by atoms with Gasteiger partial charge in [0.2, 0.25) is 0 Å². The van der Waals surface area contributed by atoms with Crippen molar-refractivity contribution >= 4 is 22.5 Å². The number of likely N-dealkylation sites (tertiary alicyclic amines) is 1. The number of methoxy groups -OCH3 is 1. The van der Waals surface area contributed by atoms with Gasteiger partial charge < -0.3 is 15.0 Å². The number of hydrogen-bond acceptors (Lipinski definition) is 5. The molecule has 35 heavy (non-hydrogen) atoms. The van der Waals surface area contributed by atoms with Gasteiger partial charge in [-0.25, -0.2) is 0 Å². The van der Waals surface area contributed by atoms with Crippen molar-refractivity contribution in [1.29, 1.82) is 0 Å². The predicted octanol–water partition coefficient (Wildman–Crippen LogP) is 5.35. The Morgan fingerprint density at radius 3 is 2.86 bits per heavy atom. The highest BCUT2D eigenvalue weighted by atomic mass is 16.5. The van der Waals surface area contributed by atoms with Gasteiger partial charge in [-0.3, -0.25) is 14.8 Å². The van der Waals surface area contributed by atoms with Crippen molar-refractivity contribution in [2.45, 2.75) is 25.8 Å². The molecule has 2 aromatic heterocycles. The van der Waals surface area contributed by atoms with Crippen LogP contribution in [0.15, 0.2) is 79.3 Å². The molecule has 1 aliphatic rings. The van der Waals surface area contributed by atoms with E-state index in [1.54, 1.807) is 13.3 Å².